The minimum absolute atomic E-state index is 0.0815. The van der Waals surface area contributed by atoms with E-state index in [4.69, 9.17) is 5.73 Å². The molecule has 0 aromatic rings. The summed E-state index contributed by atoms with van der Waals surface area (Å²) in [6, 6.07) is 0.328. The third-order valence-corrected chi connectivity index (χ3v) is 4.66. The Hall–Kier alpha value is -0.650. The largest absolute Gasteiger partial charge is 0.338 e. The van der Waals surface area contributed by atoms with E-state index < -0.39 is 0 Å². The van der Waals surface area contributed by atoms with Crippen molar-refractivity contribution in [1.29, 1.82) is 0 Å². The number of rotatable bonds is 2. The molecule has 0 atom stereocenters. The molecular weight excluding hydrogens is 240 g/mol. The van der Waals surface area contributed by atoms with E-state index in [0.29, 0.717) is 12.6 Å². The predicted octanol–water partition coefficient (Wildman–Crippen LogP) is -0.0379. The maximum Gasteiger partial charge on any atom is 0.236 e. The van der Waals surface area contributed by atoms with Gasteiger partial charge in [-0.25, -0.2) is 0 Å². The summed E-state index contributed by atoms with van der Waals surface area (Å²) >= 11 is 0. The van der Waals surface area contributed by atoms with E-state index in [1.165, 1.54) is 0 Å². The Bertz CT molecular complexity index is 323. The van der Waals surface area contributed by atoms with Gasteiger partial charge in [0.15, 0.2) is 0 Å². The van der Waals surface area contributed by atoms with Gasteiger partial charge in [0.25, 0.3) is 0 Å². The lowest BCUT2D eigenvalue weighted by Crippen LogP contribution is -2.60. The van der Waals surface area contributed by atoms with Crippen molar-refractivity contribution in [2.45, 2.75) is 38.3 Å². The lowest BCUT2D eigenvalue weighted by atomic mass is 9.99. The molecule has 110 valence electrons. The van der Waals surface area contributed by atoms with Crippen molar-refractivity contribution in [2.75, 3.05) is 46.3 Å². The summed E-state index contributed by atoms with van der Waals surface area (Å²) in [5, 5.41) is 0. The molecule has 2 heterocycles. The smallest absolute Gasteiger partial charge is 0.236 e. The Balaban J connectivity index is 1.83. The van der Waals surface area contributed by atoms with E-state index >= 15 is 0 Å². The Kier molecular flexibility index (Phi) is 4.48. The zero-order chi connectivity index (χ0) is 14.0. The van der Waals surface area contributed by atoms with Crippen LogP contribution in [0.5, 0.6) is 0 Å². The summed E-state index contributed by atoms with van der Waals surface area (Å²) in [6.45, 7) is 9.53. The molecule has 2 rings (SSSR count). The van der Waals surface area contributed by atoms with Crippen LogP contribution in [0.25, 0.3) is 0 Å². The molecule has 0 aromatic carbocycles. The van der Waals surface area contributed by atoms with Crippen molar-refractivity contribution in [3.63, 3.8) is 0 Å². The summed E-state index contributed by atoms with van der Waals surface area (Å²) in [5.74, 6) is 0.275. The van der Waals surface area contributed by atoms with E-state index in [2.05, 4.69) is 30.7 Å². The zero-order valence-electron chi connectivity index (χ0n) is 12.6. The zero-order valence-corrected chi connectivity index (χ0v) is 12.6. The molecule has 0 aromatic heterocycles. The SMILES string of the molecule is CN1CCN(C(=O)CN2CCC(N)CC2)CC1(C)C. The average Bonchev–Trinajstić information content (AvgIpc) is 2.35. The molecule has 5 heteroatoms. The number of carbonyl (C=O) groups is 1. The van der Waals surface area contributed by atoms with Gasteiger partial charge in [-0.05, 0) is 33.7 Å². The molecule has 0 spiro atoms. The number of hydrogen-bond donors (Lipinski definition) is 1. The Morgan fingerprint density at radius 2 is 1.84 bits per heavy atom. The van der Waals surface area contributed by atoms with Crippen molar-refractivity contribution in [1.82, 2.24) is 14.7 Å². The number of piperidine rings is 1. The fourth-order valence-corrected chi connectivity index (χ4v) is 2.86. The predicted molar refractivity (Wildman–Crippen MR) is 76.9 cm³/mol. The number of amides is 1. The third kappa shape index (κ3) is 3.68. The van der Waals surface area contributed by atoms with Crippen LogP contribution in [0.4, 0.5) is 0 Å². The van der Waals surface area contributed by atoms with Gasteiger partial charge in [0.2, 0.25) is 5.91 Å². The second-order valence-corrected chi connectivity index (χ2v) is 6.66. The lowest BCUT2D eigenvalue weighted by molar-refractivity contribution is -0.137. The van der Waals surface area contributed by atoms with E-state index in [0.717, 1.165) is 45.6 Å². The van der Waals surface area contributed by atoms with Crippen molar-refractivity contribution in [3.05, 3.63) is 0 Å². The van der Waals surface area contributed by atoms with Gasteiger partial charge in [-0.1, -0.05) is 0 Å². The highest BCUT2D eigenvalue weighted by molar-refractivity contribution is 5.78. The topological polar surface area (TPSA) is 52.8 Å². The molecule has 0 unspecified atom stereocenters. The van der Waals surface area contributed by atoms with E-state index in [1.807, 2.05) is 4.90 Å². The molecule has 0 radical (unpaired) electrons. The highest BCUT2D eigenvalue weighted by Gasteiger charge is 2.33. The molecule has 2 N–H and O–H groups in total. The first kappa shape index (κ1) is 14.8. The summed E-state index contributed by atoms with van der Waals surface area (Å²) in [6.07, 6.45) is 2.03. The fourth-order valence-electron chi connectivity index (χ4n) is 2.86. The molecule has 1 amide bonds. The van der Waals surface area contributed by atoms with Gasteiger partial charge in [-0.3, -0.25) is 14.6 Å². The van der Waals surface area contributed by atoms with Crippen molar-refractivity contribution in [2.24, 2.45) is 5.73 Å². The summed E-state index contributed by atoms with van der Waals surface area (Å²) in [5.41, 5.74) is 5.98. The summed E-state index contributed by atoms with van der Waals surface area (Å²) < 4.78 is 0. The van der Waals surface area contributed by atoms with E-state index in [-0.39, 0.29) is 11.4 Å². The van der Waals surface area contributed by atoms with Crippen LogP contribution in [0.15, 0.2) is 0 Å². The summed E-state index contributed by atoms with van der Waals surface area (Å²) in [4.78, 5) is 19.0. The van der Waals surface area contributed by atoms with Gasteiger partial charge in [0.05, 0.1) is 6.54 Å². The van der Waals surface area contributed by atoms with Crippen molar-refractivity contribution >= 4 is 5.91 Å². The van der Waals surface area contributed by atoms with E-state index in [1.54, 1.807) is 0 Å². The fraction of sp³-hybridized carbons (Fsp3) is 0.929. The Morgan fingerprint density at radius 1 is 1.21 bits per heavy atom. The normalized spacial score (nSPS) is 26.6. The minimum atomic E-state index is 0.0815. The first-order valence-electron chi connectivity index (χ1n) is 7.35. The van der Waals surface area contributed by atoms with Gasteiger partial charge < -0.3 is 10.6 Å². The van der Waals surface area contributed by atoms with Crippen LogP contribution in [0.3, 0.4) is 0 Å². The monoisotopic (exact) mass is 268 g/mol. The molecule has 0 saturated carbocycles. The molecule has 0 bridgehead atoms. The third-order valence-electron chi connectivity index (χ3n) is 4.66. The number of carbonyl (C=O) groups excluding carboxylic acids is 1. The number of nitrogens with zero attached hydrogens (tertiary/aromatic N) is 3. The second kappa shape index (κ2) is 5.77. The van der Waals surface area contributed by atoms with Crippen molar-refractivity contribution < 1.29 is 4.79 Å². The molecular formula is C14H28N4O. The van der Waals surface area contributed by atoms with Crippen LogP contribution >= 0.6 is 0 Å². The molecule has 2 saturated heterocycles. The lowest BCUT2D eigenvalue weighted by Gasteiger charge is -2.45. The second-order valence-electron chi connectivity index (χ2n) is 6.66. The highest BCUT2D eigenvalue weighted by atomic mass is 16.2. The van der Waals surface area contributed by atoms with Gasteiger partial charge in [0.1, 0.15) is 0 Å². The first-order valence-corrected chi connectivity index (χ1v) is 7.35. The number of nitrogens with two attached hydrogens (primary N) is 1. The highest BCUT2D eigenvalue weighted by Crippen LogP contribution is 2.19. The quantitative estimate of drug-likeness (QED) is 0.764. The number of likely N-dealkylation sites (N-methyl/N-ethyl adjacent to an activating group) is 1. The van der Waals surface area contributed by atoms with Crippen LogP contribution in [0.1, 0.15) is 26.7 Å². The molecule has 19 heavy (non-hydrogen) atoms. The molecule has 2 aliphatic rings. The van der Waals surface area contributed by atoms with Gasteiger partial charge in [-0.15, -0.1) is 0 Å². The van der Waals surface area contributed by atoms with Crippen LogP contribution < -0.4 is 5.73 Å². The van der Waals surface area contributed by atoms with Crippen LogP contribution in [0.2, 0.25) is 0 Å². The summed E-state index contributed by atoms with van der Waals surface area (Å²) in [7, 11) is 2.13. The van der Waals surface area contributed by atoms with Crippen LogP contribution in [-0.2, 0) is 4.79 Å². The standard InChI is InChI=1S/C14H28N4O/c1-14(2)11-18(9-8-16(14)3)13(19)10-17-6-4-12(15)5-7-17/h12H,4-11,15H2,1-3H3. The number of likely N-dealkylation sites (tertiary alicyclic amines) is 1. The maximum atomic E-state index is 12.4. The maximum absolute atomic E-state index is 12.4. The average molecular weight is 268 g/mol. The molecule has 5 nitrogen and oxygen atoms in total. The Morgan fingerprint density at radius 3 is 2.42 bits per heavy atom. The van der Waals surface area contributed by atoms with Crippen molar-refractivity contribution in [3.8, 4) is 0 Å². The Labute approximate surface area is 116 Å². The molecule has 2 aliphatic heterocycles. The number of piperazine rings is 1. The van der Waals surface area contributed by atoms with Crippen LogP contribution in [0, 0.1) is 0 Å². The van der Waals surface area contributed by atoms with E-state index in [9.17, 15) is 4.79 Å². The molecule has 2 fully saturated rings. The van der Waals surface area contributed by atoms with Gasteiger partial charge >= 0.3 is 0 Å². The van der Waals surface area contributed by atoms with Crippen LogP contribution in [-0.4, -0.2) is 78.5 Å². The molecule has 0 aliphatic carbocycles. The van der Waals surface area contributed by atoms with Gasteiger partial charge in [-0.2, -0.15) is 0 Å². The minimum Gasteiger partial charge on any atom is -0.338 e. The van der Waals surface area contributed by atoms with Gasteiger partial charge in [0, 0.05) is 44.3 Å². The number of hydrogen-bond acceptors (Lipinski definition) is 4. The first-order chi connectivity index (χ1) is 8.88.